The third kappa shape index (κ3) is 4.20. The van der Waals surface area contributed by atoms with E-state index in [1.807, 2.05) is 42.7 Å². The molecule has 1 aliphatic rings. The molecule has 2 aromatic carbocycles. The molecule has 0 aliphatic heterocycles. The van der Waals surface area contributed by atoms with Crippen molar-refractivity contribution in [3.8, 4) is 0 Å². The van der Waals surface area contributed by atoms with E-state index in [4.69, 9.17) is 0 Å². The van der Waals surface area contributed by atoms with Crippen LogP contribution < -0.4 is 5.32 Å². The van der Waals surface area contributed by atoms with Gasteiger partial charge in [-0.2, -0.15) is 0 Å². The summed E-state index contributed by atoms with van der Waals surface area (Å²) in [5.74, 6) is -1.27. The first-order valence-electron chi connectivity index (χ1n) is 10.8. The number of carboxylic acid groups (broad SMARTS) is 1. The largest absolute Gasteiger partial charge is 0.480 e. The van der Waals surface area contributed by atoms with Crippen LogP contribution >= 0.6 is 0 Å². The van der Waals surface area contributed by atoms with Gasteiger partial charge in [-0.15, -0.1) is 0 Å². The van der Waals surface area contributed by atoms with Crippen LogP contribution in [0.25, 0.3) is 10.9 Å². The van der Waals surface area contributed by atoms with Crippen LogP contribution in [-0.4, -0.2) is 27.6 Å². The molecule has 1 heterocycles. The van der Waals surface area contributed by atoms with Crippen molar-refractivity contribution in [3.63, 3.8) is 0 Å². The van der Waals surface area contributed by atoms with Gasteiger partial charge < -0.3 is 15.0 Å². The number of benzene rings is 2. The van der Waals surface area contributed by atoms with Gasteiger partial charge in [-0.05, 0) is 61.9 Å². The molecule has 1 amide bonds. The Morgan fingerprint density at radius 2 is 1.97 bits per heavy atom. The van der Waals surface area contributed by atoms with Gasteiger partial charge in [-0.1, -0.05) is 36.8 Å². The van der Waals surface area contributed by atoms with E-state index in [1.165, 1.54) is 12.1 Å². The number of carbonyl (C=O) groups is 2. The minimum atomic E-state index is -0.889. The average molecular weight is 423 g/mol. The highest BCUT2D eigenvalue weighted by molar-refractivity contribution is 5.88. The summed E-state index contributed by atoms with van der Waals surface area (Å²) < 4.78 is 15.9. The van der Waals surface area contributed by atoms with Crippen LogP contribution in [0.3, 0.4) is 0 Å². The van der Waals surface area contributed by atoms with E-state index < -0.39 is 12.0 Å². The molecule has 0 spiro atoms. The average Bonchev–Trinajstić information content (AvgIpc) is 3.03. The Morgan fingerprint density at radius 3 is 2.65 bits per heavy atom. The molecule has 0 fully saturated rings. The number of nitrogens with zero attached hydrogens (tertiary/aromatic N) is 1. The third-order valence-corrected chi connectivity index (χ3v) is 6.20. The van der Waals surface area contributed by atoms with Gasteiger partial charge in [0.2, 0.25) is 5.91 Å². The van der Waals surface area contributed by atoms with E-state index in [9.17, 15) is 19.1 Å². The Labute approximate surface area is 180 Å². The highest BCUT2D eigenvalue weighted by atomic mass is 19.1. The number of hydrogen-bond donors (Lipinski definition) is 2. The molecular weight excluding hydrogens is 395 g/mol. The fourth-order valence-corrected chi connectivity index (χ4v) is 4.68. The molecule has 6 heteroatoms. The zero-order valence-electron chi connectivity index (χ0n) is 17.8. The van der Waals surface area contributed by atoms with E-state index in [1.54, 1.807) is 6.07 Å². The topological polar surface area (TPSA) is 71.3 Å². The van der Waals surface area contributed by atoms with E-state index in [2.05, 4.69) is 5.32 Å². The zero-order chi connectivity index (χ0) is 22.1. The first kappa shape index (κ1) is 21.1. The summed E-state index contributed by atoms with van der Waals surface area (Å²) in [4.78, 5) is 24.5. The van der Waals surface area contributed by atoms with Crippen molar-refractivity contribution < 1.29 is 19.1 Å². The summed E-state index contributed by atoms with van der Waals surface area (Å²) in [5, 5.41) is 13.6. The minimum Gasteiger partial charge on any atom is -0.480 e. The Kier molecular flexibility index (Phi) is 5.81. The SMILES string of the molecule is CCC(C(=O)O)n1c2c(c3cc(F)ccc31)CC(NC(=O)Cc1ccc(C)cc1)CC2. The van der Waals surface area contributed by atoms with Crippen LogP contribution in [0.15, 0.2) is 42.5 Å². The molecule has 0 bridgehead atoms. The number of rotatable bonds is 6. The van der Waals surface area contributed by atoms with Crippen LogP contribution in [0.4, 0.5) is 4.39 Å². The summed E-state index contributed by atoms with van der Waals surface area (Å²) in [6, 6.07) is 11.7. The van der Waals surface area contributed by atoms with Gasteiger partial charge in [0.1, 0.15) is 11.9 Å². The number of carboxylic acids is 1. The third-order valence-electron chi connectivity index (χ3n) is 6.20. The second-order valence-electron chi connectivity index (χ2n) is 8.39. The predicted octanol–water partition coefficient (Wildman–Crippen LogP) is 4.34. The van der Waals surface area contributed by atoms with Crippen molar-refractivity contribution in [1.82, 2.24) is 9.88 Å². The van der Waals surface area contributed by atoms with Gasteiger partial charge in [-0.3, -0.25) is 4.79 Å². The van der Waals surface area contributed by atoms with Crippen LogP contribution in [0, 0.1) is 12.7 Å². The van der Waals surface area contributed by atoms with Gasteiger partial charge in [0.15, 0.2) is 0 Å². The monoisotopic (exact) mass is 422 g/mol. The lowest BCUT2D eigenvalue weighted by molar-refractivity contribution is -0.141. The van der Waals surface area contributed by atoms with Crippen molar-refractivity contribution >= 4 is 22.8 Å². The minimum absolute atomic E-state index is 0.0378. The quantitative estimate of drug-likeness (QED) is 0.621. The summed E-state index contributed by atoms with van der Waals surface area (Å²) in [5.41, 5.74) is 4.75. The number of aromatic nitrogens is 1. The number of nitrogens with one attached hydrogen (secondary N) is 1. The fraction of sp³-hybridized carbons (Fsp3) is 0.360. The normalized spacial score (nSPS) is 16.7. The number of fused-ring (bicyclic) bond motifs is 3. The van der Waals surface area contributed by atoms with E-state index in [-0.39, 0.29) is 17.8 Å². The number of halogens is 1. The molecule has 3 aromatic rings. The standard InChI is InChI=1S/C25H27FN2O3/c1-3-21(25(30)31)28-22-10-8-17(26)13-19(22)20-14-18(9-11-23(20)28)27-24(29)12-16-6-4-15(2)5-7-16/h4-8,10,13,18,21H,3,9,11-12,14H2,1-2H3,(H,27,29)(H,30,31). The number of aliphatic carboxylic acids is 1. The molecule has 0 saturated carbocycles. The summed E-state index contributed by atoms with van der Waals surface area (Å²) in [7, 11) is 0. The lowest BCUT2D eigenvalue weighted by Crippen LogP contribution is -2.40. The molecule has 31 heavy (non-hydrogen) atoms. The van der Waals surface area contributed by atoms with Gasteiger partial charge in [0, 0.05) is 22.6 Å². The van der Waals surface area contributed by atoms with Gasteiger partial charge >= 0.3 is 5.97 Å². The Bertz CT molecular complexity index is 1130. The molecule has 1 aliphatic carbocycles. The molecular formula is C25H27FN2O3. The smallest absolute Gasteiger partial charge is 0.326 e. The maximum Gasteiger partial charge on any atom is 0.326 e. The van der Waals surface area contributed by atoms with Crippen molar-refractivity contribution in [2.75, 3.05) is 0 Å². The zero-order valence-corrected chi connectivity index (χ0v) is 17.8. The predicted molar refractivity (Wildman–Crippen MR) is 118 cm³/mol. The fourth-order valence-electron chi connectivity index (χ4n) is 4.68. The lowest BCUT2D eigenvalue weighted by atomic mass is 9.91. The molecule has 5 nitrogen and oxygen atoms in total. The Balaban J connectivity index is 1.60. The van der Waals surface area contributed by atoms with E-state index in [0.717, 1.165) is 39.7 Å². The summed E-state index contributed by atoms with van der Waals surface area (Å²) >= 11 is 0. The molecule has 0 radical (unpaired) electrons. The van der Waals surface area contributed by atoms with E-state index >= 15 is 0 Å². The van der Waals surface area contributed by atoms with Crippen LogP contribution in [0.5, 0.6) is 0 Å². The number of aryl methyl sites for hydroxylation is 1. The highest BCUT2D eigenvalue weighted by Gasteiger charge is 2.30. The maximum atomic E-state index is 14.0. The van der Waals surface area contributed by atoms with E-state index in [0.29, 0.717) is 25.7 Å². The van der Waals surface area contributed by atoms with Crippen molar-refractivity contribution in [3.05, 3.63) is 70.7 Å². The van der Waals surface area contributed by atoms with Crippen molar-refractivity contribution in [2.45, 2.75) is 58.0 Å². The molecule has 2 atom stereocenters. The van der Waals surface area contributed by atoms with Crippen LogP contribution in [-0.2, 0) is 28.9 Å². The molecule has 2 N–H and O–H groups in total. The molecule has 4 rings (SSSR count). The summed E-state index contributed by atoms with van der Waals surface area (Å²) in [6.07, 6.45) is 2.70. The first-order valence-corrected chi connectivity index (χ1v) is 10.8. The number of hydrogen-bond acceptors (Lipinski definition) is 2. The highest BCUT2D eigenvalue weighted by Crippen LogP contribution is 2.36. The maximum absolute atomic E-state index is 14.0. The Morgan fingerprint density at radius 1 is 1.23 bits per heavy atom. The van der Waals surface area contributed by atoms with Gasteiger partial charge in [0.05, 0.1) is 6.42 Å². The van der Waals surface area contributed by atoms with Crippen molar-refractivity contribution in [1.29, 1.82) is 0 Å². The number of amides is 1. The van der Waals surface area contributed by atoms with Crippen LogP contribution in [0.2, 0.25) is 0 Å². The molecule has 2 unspecified atom stereocenters. The number of carbonyl (C=O) groups excluding carboxylic acids is 1. The molecule has 1 aromatic heterocycles. The van der Waals surface area contributed by atoms with Gasteiger partial charge in [0.25, 0.3) is 0 Å². The van der Waals surface area contributed by atoms with Gasteiger partial charge in [-0.25, -0.2) is 9.18 Å². The molecule has 0 saturated heterocycles. The van der Waals surface area contributed by atoms with Crippen LogP contribution in [0.1, 0.15) is 48.2 Å². The molecule has 162 valence electrons. The van der Waals surface area contributed by atoms with Crippen molar-refractivity contribution in [2.24, 2.45) is 0 Å². The first-order chi connectivity index (χ1) is 14.9. The second kappa shape index (κ2) is 8.53. The summed E-state index contributed by atoms with van der Waals surface area (Å²) in [6.45, 7) is 3.85. The Hall–Kier alpha value is -3.15. The second-order valence-corrected chi connectivity index (χ2v) is 8.39. The lowest BCUT2D eigenvalue weighted by Gasteiger charge is -2.26.